The normalized spacial score (nSPS) is 13.8. The second-order valence-corrected chi connectivity index (χ2v) is 8.53. The molecule has 0 heterocycles. The molecule has 13 heteroatoms. The standard InChI is InChI=1S/C25H33F3N6O4/c26-25(27,28)17-7-4-8-18(15-17)32-22(36)19(10-9-16-5-2-1-3-6-16)33-23(37)20(31)21(35)24(38)34(13-11-29)14-12-30/h1-8,15,19-21,35H,9-14,29-31H2,(H,32,36)(H,33,37). The van der Waals surface area contributed by atoms with Crippen LogP contribution in [-0.4, -0.2) is 72.1 Å². The van der Waals surface area contributed by atoms with Gasteiger partial charge in [0.25, 0.3) is 5.91 Å². The number of alkyl halides is 3. The molecule has 9 N–H and O–H groups in total. The average Bonchev–Trinajstić information content (AvgIpc) is 2.89. The predicted octanol–water partition coefficient (Wildman–Crippen LogP) is 0.196. The van der Waals surface area contributed by atoms with Crippen LogP contribution in [0, 0.1) is 0 Å². The van der Waals surface area contributed by atoms with E-state index in [2.05, 4.69) is 10.6 Å². The van der Waals surface area contributed by atoms with Crippen molar-refractivity contribution in [1.29, 1.82) is 0 Å². The second kappa shape index (κ2) is 14.4. The van der Waals surface area contributed by atoms with Crippen molar-refractivity contribution in [2.75, 3.05) is 31.5 Å². The molecule has 0 radical (unpaired) electrons. The zero-order valence-electron chi connectivity index (χ0n) is 20.7. The Bertz CT molecular complexity index is 1060. The highest BCUT2D eigenvalue weighted by Gasteiger charge is 2.34. The number of rotatable bonds is 13. The monoisotopic (exact) mass is 538 g/mol. The van der Waals surface area contributed by atoms with Gasteiger partial charge < -0.3 is 37.8 Å². The van der Waals surface area contributed by atoms with Crippen molar-refractivity contribution in [2.24, 2.45) is 17.2 Å². The van der Waals surface area contributed by atoms with Crippen LogP contribution < -0.4 is 27.8 Å². The molecule has 2 aromatic carbocycles. The van der Waals surface area contributed by atoms with Crippen LogP contribution in [-0.2, 0) is 27.0 Å². The highest BCUT2D eigenvalue weighted by Crippen LogP contribution is 2.30. The molecule has 208 valence electrons. The van der Waals surface area contributed by atoms with Crippen molar-refractivity contribution in [3.05, 3.63) is 65.7 Å². The minimum atomic E-state index is -4.61. The summed E-state index contributed by atoms with van der Waals surface area (Å²) in [5, 5.41) is 15.2. The van der Waals surface area contributed by atoms with Crippen LogP contribution in [0.5, 0.6) is 0 Å². The number of carbonyl (C=O) groups excluding carboxylic acids is 3. The maximum atomic E-state index is 13.1. The van der Waals surface area contributed by atoms with Crippen molar-refractivity contribution >= 4 is 23.4 Å². The van der Waals surface area contributed by atoms with E-state index in [0.29, 0.717) is 6.42 Å². The molecular formula is C25H33F3N6O4. The molecule has 0 fully saturated rings. The fourth-order valence-corrected chi connectivity index (χ4v) is 3.62. The van der Waals surface area contributed by atoms with Gasteiger partial charge >= 0.3 is 6.18 Å². The number of hydrogen-bond acceptors (Lipinski definition) is 7. The molecule has 38 heavy (non-hydrogen) atoms. The maximum Gasteiger partial charge on any atom is 0.416 e. The van der Waals surface area contributed by atoms with E-state index in [1.807, 2.05) is 0 Å². The Morgan fingerprint density at radius 2 is 1.58 bits per heavy atom. The van der Waals surface area contributed by atoms with E-state index in [0.717, 1.165) is 23.8 Å². The molecule has 0 saturated carbocycles. The molecule has 0 bridgehead atoms. The average molecular weight is 539 g/mol. The summed E-state index contributed by atoms with van der Waals surface area (Å²) in [6.45, 7) is 0.357. The van der Waals surface area contributed by atoms with Gasteiger partial charge in [0, 0.05) is 31.9 Å². The number of hydrogen-bond donors (Lipinski definition) is 6. The van der Waals surface area contributed by atoms with E-state index in [1.54, 1.807) is 30.3 Å². The van der Waals surface area contributed by atoms with Crippen LogP contribution in [0.3, 0.4) is 0 Å². The summed E-state index contributed by atoms with van der Waals surface area (Å²) in [6, 6.07) is 10.1. The summed E-state index contributed by atoms with van der Waals surface area (Å²) in [4.78, 5) is 39.6. The lowest BCUT2D eigenvalue weighted by molar-refractivity contribution is -0.144. The lowest BCUT2D eigenvalue weighted by atomic mass is 10.0. The molecule has 0 aromatic heterocycles. The molecule has 2 rings (SSSR count). The summed E-state index contributed by atoms with van der Waals surface area (Å²) < 4.78 is 39.2. The van der Waals surface area contributed by atoms with Gasteiger partial charge in [0.1, 0.15) is 12.1 Å². The van der Waals surface area contributed by atoms with E-state index in [9.17, 15) is 32.7 Å². The number of halogens is 3. The van der Waals surface area contributed by atoms with Gasteiger partial charge in [-0.25, -0.2) is 0 Å². The number of aliphatic hydroxyl groups is 1. The number of nitrogens with zero attached hydrogens (tertiary/aromatic N) is 1. The van der Waals surface area contributed by atoms with Gasteiger partial charge in [0.05, 0.1) is 5.56 Å². The number of nitrogens with two attached hydrogens (primary N) is 3. The van der Waals surface area contributed by atoms with Crippen molar-refractivity contribution in [1.82, 2.24) is 10.2 Å². The molecule has 3 amide bonds. The van der Waals surface area contributed by atoms with Crippen molar-refractivity contribution in [3.8, 4) is 0 Å². The van der Waals surface area contributed by atoms with E-state index in [1.165, 1.54) is 11.0 Å². The summed E-state index contributed by atoms with van der Waals surface area (Å²) in [5.41, 5.74) is 16.6. The molecule has 0 aliphatic rings. The van der Waals surface area contributed by atoms with E-state index >= 15 is 0 Å². The van der Waals surface area contributed by atoms with Crippen LogP contribution in [0.2, 0.25) is 0 Å². The Balaban J connectivity index is 2.18. The summed E-state index contributed by atoms with van der Waals surface area (Å²) in [7, 11) is 0. The van der Waals surface area contributed by atoms with Gasteiger partial charge in [-0.2, -0.15) is 13.2 Å². The third kappa shape index (κ3) is 9.10. The Kier molecular flexibility index (Phi) is 11.7. The highest BCUT2D eigenvalue weighted by molar-refractivity contribution is 5.99. The van der Waals surface area contributed by atoms with E-state index in [-0.39, 0.29) is 38.3 Å². The third-order valence-corrected chi connectivity index (χ3v) is 5.66. The summed E-state index contributed by atoms with van der Waals surface area (Å²) in [5.74, 6) is -2.64. The van der Waals surface area contributed by atoms with Crippen molar-refractivity contribution < 1.29 is 32.7 Å². The number of aliphatic hydroxyl groups excluding tert-OH is 1. The molecule has 0 saturated heterocycles. The van der Waals surface area contributed by atoms with Gasteiger partial charge in [0.2, 0.25) is 11.8 Å². The lowest BCUT2D eigenvalue weighted by Gasteiger charge is -2.27. The molecule has 0 spiro atoms. The first kappa shape index (κ1) is 30.7. The Morgan fingerprint density at radius 3 is 2.16 bits per heavy atom. The van der Waals surface area contributed by atoms with Crippen LogP contribution >= 0.6 is 0 Å². The minimum Gasteiger partial charge on any atom is -0.381 e. The number of anilines is 1. The number of nitrogens with one attached hydrogen (secondary N) is 2. The van der Waals surface area contributed by atoms with Gasteiger partial charge in [-0.1, -0.05) is 36.4 Å². The first-order chi connectivity index (χ1) is 18.0. The van der Waals surface area contributed by atoms with Gasteiger partial charge in [-0.05, 0) is 36.6 Å². The number of aryl methyl sites for hydroxylation is 1. The fourth-order valence-electron chi connectivity index (χ4n) is 3.62. The van der Waals surface area contributed by atoms with Crippen LogP contribution in [0.25, 0.3) is 0 Å². The topological polar surface area (TPSA) is 177 Å². The first-order valence-electron chi connectivity index (χ1n) is 11.9. The predicted molar refractivity (Wildman–Crippen MR) is 135 cm³/mol. The summed E-state index contributed by atoms with van der Waals surface area (Å²) in [6.07, 6.45) is -6.16. The van der Waals surface area contributed by atoms with Gasteiger partial charge in [-0.3, -0.25) is 14.4 Å². The van der Waals surface area contributed by atoms with E-state index < -0.39 is 47.6 Å². The largest absolute Gasteiger partial charge is 0.416 e. The van der Waals surface area contributed by atoms with E-state index in [4.69, 9.17) is 17.2 Å². The third-order valence-electron chi connectivity index (χ3n) is 5.66. The molecule has 0 aliphatic heterocycles. The zero-order chi connectivity index (χ0) is 28.3. The lowest BCUT2D eigenvalue weighted by Crippen LogP contribution is -2.58. The highest BCUT2D eigenvalue weighted by atomic mass is 19.4. The first-order valence-corrected chi connectivity index (χ1v) is 11.9. The zero-order valence-corrected chi connectivity index (χ0v) is 20.7. The van der Waals surface area contributed by atoms with Gasteiger partial charge in [-0.15, -0.1) is 0 Å². The van der Waals surface area contributed by atoms with Crippen molar-refractivity contribution in [2.45, 2.75) is 37.2 Å². The molecule has 2 aromatic rings. The molecule has 3 unspecified atom stereocenters. The van der Waals surface area contributed by atoms with Crippen LogP contribution in [0.4, 0.5) is 18.9 Å². The Hall–Kier alpha value is -3.52. The second-order valence-electron chi connectivity index (χ2n) is 8.53. The number of amides is 3. The quantitative estimate of drug-likeness (QED) is 0.211. The Labute approximate surface area is 218 Å². The number of benzene rings is 2. The molecule has 3 atom stereocenters. The van der Waals surface area contributed by atoms with Gasteiger partial charge in [0.15, 0.2) is 6.10 Å². The maximum absolute atomic E-state index is 13.1. The van der Waals surface area contributed by atoms with Crippen molar-refractivity contribution in [3.63, 3.8) is 0 Å². The fraction of sp³-hybridized carbons (Fsp3) is 0.400. The molecule has 10 nitrogen and oxygen atoms in total. The smallest absolute Gasteiger partial charge is 0.381 e. The molecule has 0 aliphatic carbocycles. The number of carbonyl (C=O) groups is 3. The minimum absolute atomic E-state index is 0.0593. The SMILES string of the molecule is NCCN(CCN)C(=O)C(O)C(N)C(=O)NC(CCc1ccccc1)C(=O)Nc1cccc(C(F)(F)F)c1. The Morgan fingerprint density at radius 1 is 0.947 bits per heavy atom. The van der Waals surface area contributed by atoms with Crippen LogP contribution in [0.1, 0.15) is 17.5 Å². The summed E-state index contributed by atoms with van der Waals surface area (Å²) >= 11 is 0. The molecular weight excluding hydrogens is 505 g/mol. The van der Waals surface area contributed by atoms with Crippen LogP contribution in [0.15, 0.2) is 54.6 Å².